The predicted octanol–water partition coefficient (Wildman–Crippen LogP) is 3.36. The Balaban J connectivity index is 2.64. The summed E-state index contributed by atoms with van der Waals surface area (Å²) >= 11 is 11.4. The molecule has 0 aliphatic rings. The largest absolute Gasteiger partial charge is 0.497 e. The molecule has 0 radical (unpaired) electrons. The smallest absolute Gasteiger partial charge is 0.141 e. The second-order valence-corrected chi connectivity index (χ2v) is 3.47. The maximum Gasteiger partial charge on any atom is 0.141 e. The average molecular weight is 235 g/mol. The number of methoxy groups -OCH3 is 1. The Kier molecular flexibility index (Phi) is 4.91. The van der Waals surface area contributed by atoms with Crippen molar-refractivity contribution in [2.75, 3.05) is 19.6 Å². The van der Waals surface area contributed by atoms with Crippen LogP contribution in [0.2, 0.25) is 5.02 Å². The summed E-state index contributed by atoms with van der Waals surface area (Å²) in [6.07, 6.45) is 0.801. The minimum atomic E-state index is 0.566. The maximum absolute atomic E-state index is 5.92. The fraction of sp³-hybridized carbons (Fsp3) is 0.400. The van der Waals surface area contributed by atoms with E-state index in [9.17, 15) is 0 Å². The van der Waals surface area contributed by atoms with Gasteiger partial charge in [-0.15, -0.1) is 11.6 Å². The topological polar surface area (TPSA) is 18.5 Å². The van der Waals surface area contributed by atoms with Gasteiger partial charge in [-0.25, -0.2) is 0 Å². The monoisotopic (exact) mass is 234 g/mol. The van der Waals surface area contributed by atoms with Crippen molar-refractivity contribution in [3.8, 4) is 11.5 Å². The first kappa shape index (κ1) is 11.5. The Labute approximate surface area is 93.7 Å². The van der Waals surface area contributed by atoms with Crippen molar-refractivity contribution in [1.29, 1.82) is 0 Å². The van der Waals surface area contributed by atoms with Gasteiger partial charge in [0.05, 0.1) is 18.7 Å². The Morgan fingerprint density at radius 1 is 1.36 bits per heavy atom. The van der Waals surface area contributed by atoms with E-state index < -0.39 is 0 Å². The second kappa shape index (κ2) is 5.99. The third-order valence-corrected chi connectivity index (χ3v) is 2.25. The maximum atomic E-state index is 5.92. The van der Waals surface area contributed by atoms with E-state index >= 15 is 0 Å². The molecule has 0 heterocycles. The van der Waals surface area contributed by atoms with Crippen molar-refractivity contribution < 1.29 is 9.47 Å². The van der Waals surface area contributed by atoms with Gasteiger partial charge in [0.2, 0.25) is 0 Å². The highest BCUT2D eigenvalue weighted by atomic mass is 35.5. The Morgan fingerprint density at radius 2 is 2.14 bits per heavy atom. The summed E-state index contributed by atoms with van der Waals surface area (Å²) in [5.74, 6) is 1.95. The van der Waals surface area contributed by atoms with E-state index in [-0.39, 0.29) is 0 Å². The van der Waals surface area contributed by atoms with Crippen molar-refractivity contribution in [3.63, 3.8) is 0 Å². The fourth-order valence-electron chi connectivity index (χ4n) is 0.958. The van der Waals surface area contributed by atoms with Crippen LogP contribution in [0.15, 0.2) is 18.2 Å². The van der Waals surface area contributed by atoms with Crippen LogP contribution >= 0.6 is 23.2 Å². The predicted molar refractivity (Wildman–Crippen MR) is 58.8 cm³/mol. The molecule has 0 amide bonds. The van der Waals surface area contributed by atoms with Gasteiger partial charge in [0.15, 0.2) is 0 Å². The molecule has 0 unspecified atom stereocenters. The van der Waals surface area contributed by atoms with Crippen LogP contribution in [0.1, 0.15) is 6.42 Å². The van der Waals surface area contributed by atoms with Crippen LogP contribution in [-0.2, 0) is 0 Å². The molecule has 0 saturated carbocycles. The van der Waals surface area contributed by atoms with Gasteiger partial charge in [-0.3, -0.25) is 0 Å². The first-order valence-corrected chi connectivity index (χ1v) is 5.21. The summed E-state index contributed by atoms with van der Waals surface area (Å²) in [5, 5.41) is 0.584. The van der Waals surface area contributed by atoms with E-state index in [1.165, 1.54) is 0 Å². The van der Waals surface area contributed by atoms with E-state index in [4.69, 9.17) is 32.7 Å². The van der Waals surface area contributed by atoms with Crippen molar-refractivity contribution in [2.24, 2.45) is 0 Å². The van der Waals surface area contributed by atoms with Crippen LogP contribution < -0.4 is 9.47 Å². The van der Waals surface area contributed by atoms with E-state index in [0.29, 0.717) is 23.3 Å². The lowest BCUT2D eigenvalue weighted by atomic mass is 10.3. The van der Waals surface area contributed by atoms with Gasteiger partial charge < -0.3 is 9.47 Å². The molecule has 0 aromatic heterocycles. The molecule has 0 bridgehead atoms. The molecule has 0 aliphatic carbocycles. The first-order chi connectivity index (χ1) is 6.77. The van der Waals surface area contributed by atoms with Gasteiger partial charge in [0.25, 0.3) is 0 Å². The molecule has 2 nitrogen and oxygen atoms in total. The van der Waals surface area contributed by atoms with Crippen molar-refractivity contribution in [2.45, 2.75) is 6.42 Å². The van der Waals surface area contributed by atoms with Crippen LogP contribution in [-0.4, -0.2) is 19.6 Å². The van der Waals surface area contributed by atoms with E-state index in [1.54, 1.807) is 25.3 Å². The van der Waals surface area contributed by atoms with E-state index in [0.717, 1.165) is 12.2 Å². The number of benzene rings is 1. The zero-order chi connectivity index (χ0) is 10.4. The third-order valence-electron chi connectivity index (χ3n) is 1.67. The van der Waals surface area contributed by atoms with E-state index in [1.807, 2.05) is 0 Å². The molecule has 0 N–H and O–H groups in total. The van der Waals surface area contributed by atoms with Crippen molar-refractivity contribution in [3.05, 3.63) is 23.2 Å². The molecular formula is C10H12Cl2O2. The van der Waals surface area contributed by atoms with Crippen molar-refractivity contribution in [1.82, 2.24) is 0 Å². The fourth-order valence-corrected chi connectivity index (χ4v) is 1.24. The molecule has 1 aromatic carbocycles. The lowest BCUT2D eigenvalue weighted by molar-refractivity contribution is 0.315. The minimum absolute atomic E-state index is 0.566. The summed E-state index contributed by atoms with van der Waals surface area (Å²) in [6.45, 7) is 0.566. The van der Waals surface area contributed by atoms with Crippen molar-refractivity contribution >= 4 is 23.2 Å². The molecule has 14 heavy (non-hydrogen) atoms. The van der Waals surface area contributed by atoms with Gasteiger partial charge in [-0.2, -0.15) is 0 Å². The molecule has 0 atom stereocenters. The molecule has 0 saturated heterocycles. The third kappa shape index (κ3) is 3.28. The standard InChI is InChI=1S/C10H12Cl2O2/c1-13-8-3-4-9(12)10(7-8)14-6-2-5-11/h3-4,7H,2,5-6H2,1H3. The zero-order valence-electron chi connectivity index (χ0n) is 7.93. The SMILES string of the molecule is COc1ccc(Cl)c(OCCCCl)c1. The highest BCUT2D eigenvalue weighted by Crippen LogP contribution is 2.28. The van der Waals surface area contributed by atoms with Gasteiger partial charge in [-0.05, 0) is 18.6 Å². The summed E-state index contributed by atoms with van der Waals surface area (Å²) in [4.78, 5) is 0. The lowest BCUT2D eigenvalue weighted by Crippen LogP contribution is -1.98. The lowest BCUT2D eigenvalue weighted by Gasteiger charge is -2.08. The Morgan fingerprint density at radius 3 is 2.79 bits per heavy atom. The number of hydrogen-bond acceptors (Lipinski definition) is 2. The number of alkyl halides is 1. The number of rotatable bonds is 5. The molecule has 0 aliphatic heterocycles. The van der Waals surface area contributed by atoms with Crippen LogP contribution in [0.3, 0.4) is 0 Å². The molecule has 1 rings (SSSR count). The summed E-state index contributed by atoms with van der Waals surface area (Å²) in [5.41, 5.74) is 0. The normalized spacial score (nSPS) is 9.93. The molecule has 0 spiro atoms. The Bertz CT molecular complexity index is 289. The minimum Gasteiger partial charge on any atom is -0.497 e. The highest BCUT2D eigenvalue weighted by molar-refractivity contribution is 6.32. The number of halogens is 2. The first-order valence-electron chi connectivity index (χ1n) is 4.30. The highest BCUT2D eigenvalue weighted by Gasteiger charge is 2.02. The number of ether oxygens (including phenoxy) is 2. The second-order valence-electron chi connectivity index (χ2n) is 2.69. The quantitative estimate of drug-likeness (QED) is 0.575. The summed E-state index contributed by atoms with van der Waals surface area (Å²) < 4.78 is 10.5. The molecule has 4 heteroatoms. The Hall–Kier alpha value is -0.600. The van der Waals surface area contributed by atoms with Gasteiger partial charge in [0.1, 0.15) is 11.5 Å². The van der Waals surface area contributed by atoms with E-state index in [2.05, 4.69) is 0 Å². The van der Waals surface area contributed by atoms with Crippen LogP contribution in [0.5, 0.6) is 11.5 Å². The molecule has 78 valence electrons. The molecular weight excluding hydrogens is 223 g/mol. The van der Waals surface area contributed by atoms with Crippen LogP contribution in [0, 0.1) is 0 Å². The van der Waals surface area contributed by atoms with Crippen LogP contribution in [0.25, 0.3) is 0 Å². The van der Waals surface area contributed by atoms with Gasteiger partial charge in [0, 0.05) is 11.9 Å². The average Bonchev–Trinajstić information content (AvgIpc) is 2.21. The molecule has 0 fully saturated rings. The molecule has 1 aromatic rings. The zero-order valence-corrected chi connectivity index (χ0v) is 9.44. The van der Waals surface area contributed by atoms with Gasteiger partial charge >= 0.3 is 0 Å². The summed E-state index contributed by atoms with van der Waals surface area (Å²) in [6, 6.07) is 5.30. The van der Waals surface area contributed by atoms with Crippen LogP contribution in [0.4, 0.5) is 0 Å². The summed E-state index contributed by atoms with van der Waals surface area (Å²) in [7, 11) is 1.60. The number of hydrogen-bond donors (Lipinski definition) is 0. The van der Waals surface area contributed by atoms with Gasteiger partial charge in [-0.1, -0.05) is 11.6 Å².